The van der Waals surface area contributed by atoms with E-state index < -0.39 is 11.9 Å². The quantitative estimate of drug-likeness (QED) is 0.783. The number of ether oxygens (including phenoxy) is 1. The Bertz CT molecular complexity index is 331. The third-order valence-corrected chi connectivity index (χ3v) is 2.65. The fourth-order valence-corrected chi connectivity index (χ4v) is 1.62. The number of hydrogen-bond acceptors (Lipinski definition) is 2. The Morgan fingerprint density at radius 2 is 2.25 bits per heavy atom. The van der Waals surface area contributed by atoms with Crippen molar-refractivity contribution in [2.45, 2.75) is 25.4 Å². The van der Waals surface area contributed by atoms with Crippen molar-refractivity contribution < 1.29 is 14.2 Å². The van der Waals surface area contributed by atoms with Gasteiger partial charge in [-0.15, -0.1) is 0 Å². The van der Waals surface area contributed by atoms with Crippen LogP contribution in [0.15, 0.2) is 18.2 Å². The zero-order valence-electron chi connectivity index (χ0n) is 9.25. The SMILES string of the molecule is COCCCC(O)Cc1ccc(Cl)c(F)c1. The van der Waals surface area contributed by atoms with Crippen molar-refractivity contribution in [3.8, 4) is 0 Å². The Morgan fingerprint density at radius 3 is 2.88 bits per heavy atom. The monoisotopic (exact) mass is 246 g/mol. The number of hydrogen-bond donors (Lipinski definition) is 1. The highest BCUT2D eigenvalue weighted by Gasteiger charge is 2.07. The third-order valence-electron chi connectivity index (χ3n) is 2.34. The molecule has 1 unspecified atom stereocenters. The van der Waals surface area contributed by atoms with E-state index in [9.17, 15) is 9.50 Å². The van der Waals surface area contributed by atoms with Crippen LogP contribution in [-0.4, -0.2) is 24.9 Å². The minimum Gasteiger partial charge on any atom is -0.393 e. The number of methoxy groups -OCH3 is 1. The van der Waals surface area contributed by atoms with Crippen LogP contribution in [0, 0.1) is 5.82 Å². The molecular weight excluding hydrogens is 231 g/mol. The molecule has 0 fully saturated rings. The number of benzene rings is 1. The lowest BCUT2D eigenvalue weighted by Gasteiger charge is -2.10. The van der Waals surface area contributed by atoms with Gasteiger partial charge in [0, 0.05) is 13.7 Å². The van der Waals surface area contributed by atoms with Crippen LogP contribution in [0.4, 0.5) is 4.39 Å². The second kappa shape index (κ2) is 6.84. The molecule has 0 aliphatic rings. The summed E-state index contributed by atoms with van der Waals surface area (Å²) in [7, 11) is 1.63. The van der Waals surface area contributed by atoms with Gasteiger partial charge in [0.05, 0.1) is 11.1 Å². The molecule has 2 nitrogen and oxygen atoms in total. The van der Waals surface area contributed by atoms with Crippen LogP contribution in [0.2, 0.25) is 5.02 Å². The molecule has 90 valence electrons. The van der Waals surface area contributed by atoms with Crippen LogP contribution in [-0.2, 0) is 11.2 Å². The lowest BCUT2D eigenvalue weighted by molar-refractivity contribution is 0.135. The van der Waals surface area contributed by atoms with Gasteiger partial charge < -0.3 is 9.84 Å². The molecule has 0 saturated carbocycles. The van der Waals surface area contributed by atoms with Gasteiger partial charge in [0.15, 0.2) is 0 Å². The normalized spacial score (nSPS) is 12.8. The van der Waals surface area contributed by atoms with Gasteiger partial charge >= 0.3 is 0 Å². The lowest BCUT2D eigenvalue weighted by Crippen LogP contribution is -2.11. The summed E-state index contributed by atoms with van der Waals surface area (Å²) in [5, 5.41) is 9.79. The molecule has 0 aliphatic heterocycles. The highest BCUT2D eigenvalue weighted by atomic mass is 35.5. The maximum absolute atomic E-state index is 13.1. The Hall–Kier alpha value is -0.640. The standard InChI is InChI=1S/C12H16ClFO2/c1-16-6-2-3-10(15)7-9-4-5-11(13)12(14)8-9/h4-5,8,10,15H,2-3,6-7H2,1H3. The Kier molecular flexibility index (Phi) is 5.74. The zero-order chi connectivity index (χ0) is 12.0. The number of aliphatic hydroxyl groups is 1. The molecular formula is C12H16ClFO2. The lowest BCUT2D eigenvalue weighted by atomic mass is 10.0. The van der Waals surface area contributed by atoms with Crippen LogP contribution in [0.1, 0.15) is 18.4 Å². The predicted molar refractivity (Wildman–Crippen MR) is 62.2 cm³/mol. The maximum atomic E-state index is 13.1. The third kappa shape index (κ3) is 4.47. The maximum Gasteiger partial charge on any atom is 0.142 e. The van der Waals surface area contributed by atoms with Gasteiger partial charge in [0.25, 0.3) is 0 Å². The molecule has 0 aliphatic carbocycles. The number of rotatable bonds is 6. The van der Waals surface area contributed by atoms with Crippen LogP contribution >= 0.6 is 11.6 Å². The fourth-order valence-electron chi connectivity index (χ4n) is 1.50. The van der Waals surface area contributed by atoms with Gasteiger partial charge in [0.2, 0.25) is 0 Å². The molecule has 0 amide bonds. The Labute approximate surface area is 100.0 Å². The van der Waals surface area contributed by atoms with Crippen LogP contribution in [0.3, 0.4) is 0 Å². The topological polar surface area (TPSA) is 29.5 Å². The minimum absolute atomic E-state index is 0.109. The van der Waals surface area contributed by atoms with Crippen molar-refractivity contribution in [2.75, 3.05) is 13.7 Å². The Balaban J connectivity index is 2.43. The molecule has 0 heterocycles. The smallest absolute Gasteiger partial charge is 0.142 e. The van der Waals surface area contributed by atoms with Gasteiger partial charge in [-0.2, -0.15) is 0 Å². The van der Waals surface area contributed by atoms with Gasteiger partial charge in [-0.1, -0.05) is 17.7 Å². The molecule has 4 heteroatoms. The van der Waals surface area contributed by atoms with E-state index in [4.69, 9.17) is 16.3 Å². The molecule has 0 radical (unpaired) electrons. The van der Waals surface area contributed by atoms with Crippen molar-refractivity contribution in [1.29, 1.82) is 0 Å². The van der Waals surface area contributed by atoms with Crippen molar-refractivity contribution in [2.24, 2.45) is 0 Å². The first-order valence-electron chi connectivity index (χ1n) is 5.24. The number of halogens is 2. The van der Waals surface area contributed by atoms with Crippen molar-refractivity contribution in [3.05, 3.63) is 34.6 Å². The van der Waals surface area contributed by atoms with Crippen molar-refractivity contribution in [3.63, 3.8) is 0 Å². The average molecular weight is 247 g/mol. The van der Waals surface area contributed by atoms with Gasteiger partial charge in [-0.25, -0.2) is 4.39 Å². The minimum atomic E-state index is -0.462. The molecule has 1 atom stereocenters. The summed E-state index contributed by atoms with van der Waals surface area (Å²) in [4.78, 5) is 0. The second-order valence-electron chi connectivity index (χ2n) is 3.74. The van der Waals surface area contributed by atoms with E-state index in [2.05, 4.69) is 0 Å². The molecule has 0 aromatic heterocycles. The molecule has 0 bridgehead atoms. The summed E-state index contributed by atoms with van der Waals surface area (Å²) in [6.07, 6.45) is 1.43. The molecule has 1 aromatic rings. The largest absolute Gasteiger partial charge is 0.393 e. The highest BCUT2D eigenvalue weighted by molar-refractivity contribution is 6.30. The van der Waals surface area contributed by atoms with E-state index in [0.717, 1.165) is 12.0 Å². The van der Waals surface area contributed by atoms with Crippen LogP contribution < -0.4 is 0 Å². The van der Waals surface area contributed by atoms with Gasteiger partial charge in [-0.05, 0) is 37.0 Å². The summed E-state index contributed by atoms with van der Waals surface area (Å²) in [6.45, 7) is 0.631. The summed E-state index contributed by atoms with van der Waals surface area (Å²) >= 11 is 5.57. The molecule has 1 aromatic carbocycles. The Morgan fingerprint density at radius 1 is 1.50 bits per heavy atom. The molecule has 16 heavy (non-hydrogen) atoms. The summed E-state index contributed by atoms with van der Waals surface area (Å²) < 4.78 is 18.0. The van der Waals surface area contributed by atoms with Gasteiger partial charge in [-0.3, -0.25) is 0 Å². The first-order valence-corrected chi connectivity index (χ1v) is 5.62. The molecule has 1 rings (SSSR count). The molecule has 0 saturated heterocycles. The second-order valence-corrected chi connectivity index (χ2v) is 4.15. The zero-order valence-corrected chi connectivity index (χ0v) is 10.0. The fraction of sp³-hybridized carbons (Fsp3) is 0.500. The van der Waals surface area contributed by atoms with E-state index in [1.54, 1.807) is 13.2 Å². The van der Waals surface area contributed by atoms with Crippen molar-refractivity contribution in [1.82, 2.24) is 0 Å². The summed E-state index contributed by atoms with van der Waals surface area (Å²) in [5.41, 5.74) is 0.756. The van der Waals surface area contributed by atoms with E-state index in [-0.39, 0.29) is 5.02 Å². The highest BCUT2D eigenvalue weighted by Crippen LogP contribution is 2.17. The number of aliphatic hydroxyl groups excluding tert-OH is 1. The van der Waals surface area contributed by atoms with E-state index in [0.29, 0.717) is 19.4 Å². The first-order chi connectivity index (χ1) is 7.63. The van der Waals surface area contributed by atoms with E-state index in [1.165, 1.54) is 12.1 Å². The van der Waals surface area contributed by atoms with Gasteiger partial charge in [0.1, 0.15) is 5.82 Å². The van der Waals surface area contributed by atoms with Crippen molar-refractivity contribution >= 4 is 11.6 Å². The molecule has 1 N–H and O–H groups in total. The van der Waals surface area contributed by atoms with Crippen LogP contribution in [0.25, 0.3) is 0 Å². The predicted octanol–water partition coefficient (Wildman–Crippen LogP) is 2.81. The molecule has 0 spiro atoms. The average Bonchev–Trinajstić information content (AvgIpc) is 2.24. The summed E-state index contributed by atoms with van der Waals surface area (Å²) in [6, 6.07) is 4.60. The first kappa shape index (κ1) is 13.4. The van der Waals surface area contributed by atoms with E-state index >= 15 is 0 Å². The van der Waals surface area contributed by atoms with E-state index in [1.807, 2.05) is 0 Å². The van der Waals surface area contributed by atoms with Crippen LogP contribution in [0.5, 0.6) is 0 Å². The summed E-state index contributed by atoms with van der Waals surface area (Å²) in [5.74, 6) is -0.441.